The molecule has 21 heavy (non-hydrogen) atoms. The Morgan fingerprint density at radius 3 is 2.71 bits per heavy atom. The molecule has 0 bridgehead atoms. The fraction of sp³-hybridized carbons (Fsp3) is 0.133. The zero-order valence-corrected chi connectivity index (χ0v) is 11.6. The van der Waals surface area contributed by atoms with Crippen LogP contribution in [0.1, 0.15) is 16.2 Å². The van der Waals surface area contributed by atoms with Gasteiger partial charge in [-0.25, -0.2) is 14.4 Å². The maximum absolute atomic E-state index is 12.8. The van der Waals surface area contributed by atoms with E-state index in [-0.39, 0.29) is 17.4 Å². The van der Waals surface area contributed by atoms with Gasteiger partial charge in [0.2, 0.25) is 5.95 Å². The van der Waals surface area contributed by atoms with Crippen molar-refractivity contribution in [3.8, 4) is 0 Å². The molecule has 0 saturated heterocycles. The summed E-state index contributed by atoms with van der Waals surface area (Å²) in [5.41, 5.74) is 1.40. The molecule has 0 saturated carbocycles. The minimum absolute atomic E-state index is 0.235. The number of aromatic nitrogens is 2. The van der Waals surface area contributed by atoms with Crippen LogP contribution in [0.5, 0.6) is 0 Å². The highest BCUT2D eigenvalue weighted by Crippen LogP contribution is 2.11. The second kappa shape index (κ2) is 6.60. The first kappa shape index (κ1) is 14.6. The van der Waals surface area contributed by atoms with Crippen LogP contribution in [0.25, 0.3) is 0 Å². The first-order valence-electron chi connectivity index (χ1n) is 6.36. The number of carbonyl (C=O) groups excluding carboxylic acids is 1. The predicted octanol–water partition coefficient (Wildman–Crippen LogP) is 2.77. The third-order valence-corrected chi connectivity index (χ3v) is 2.59. The van der Waals surface area contributed by atoms with Gasteiger partial charge >= 0.3 is 0 Å². The Labute approximate surface area is 121 Å². The van der Waals surface area contributed by atoms with Crippen LogP contribution < -0.4 is 10.6 Å². The van der Waals surface area contributed by atoms with Crippen molar-refractivity contribution >= 4 is 17.5 Å². The van der Waals surface area contributed by atoms with E-state index < -0.39 is 0 Å². The number of carbonyl (C=O) groups is 1. The number of hydrogen-bond donors (Lipinski definition) is 2. The third kappa shape index (κ3) is 4.10. The summed E-state index contributed by atoms with van der Waals surface area (Å²) in [5.74, 6) is -0.380. The molecule has 0 fully saturated rings. The summed E-state index contributed by atoms with van der Waals surface area (Å²) in [6.07, 6.45) is 1.67. The summed E-state index contributed by atoms with van der Waals surface area (Å²) in [7, 11) is 0. The Balaban J connectivity index is 2.16. The fourth-order valence-electron chi connectivity index (χ4n) is 1.66. The Morgan fingerprint density at radius 2 is 2.05 bits per heavy atom. The van der Waals surface area contributed by atoms with Gasteiger partial charge in [0, 0.05) is 17.9 Å². The number of benzene rings is 1. The molecule has 2 rings (SSSR count). The van der Waals surface area contributed by atoms with Gasteiger partial charge in [-0.05, 0) is 37.3 Å². The molecular weight excluding hydrogens is 271 g/mol. The number of aryl methyl sites for hydroxylation is 1. The van der Waals surface area contributed by atoms with Crippen LogP contribution in [0.4, 0.5) is 16.0 Å². The van der Waals surface area contributed by atoms with Crippen LogP contribution in [-0.2, 0) is 0 Å². The van der Waals surface area contributed by atoms with Crippen LogP contribution in [0.2, 0.25) is 0 Å². The molecule has 0 radical (unpaired) electrons. The number of nitrogens with zero attached hydrogens (tertiary/aromatic N) is 2. The number of hydrogen-bond acceptors (Lipinski definition) is 4. The van der Waals surface area contributed by atoms with Crippen molar-refractivity contribution in [2.24, 2.45) is 0 Å². The highest BCUT2D eigenvalue weighted by Gasteiger charge is 2.10. The van der Waals surface area contributed by atoms with Gasteiger partial charge in [0.1, 0.15) is 11.5 Å². The molecule has 0 aliphatic heterocycles. The molecule has 1 amide bonds. The second-order valence-electron chi connectivity index (χ2n) is 4.35. The molecule has 108 valence electrons. The quantitative estimate of drug-likeness (QED) is 0.829. The molecule has 1 aromatic heterocycles. The van der Waals surface area contributed by atoms with Crippen molar-refractivity contribution in [1.29, 1.82) is 0 Å². The Morgan fingerprint density at radius 1 is 1.33 bits per heavy atom. The zero-order valence-electron chi connectivity index (χ0n) is 11.6. The van der Waals surface area contributed by atoms with E-state index in [1.165, 1.54) is 24.3 Å². The molecular formula is C15H15FN4O. The summed E-state index contributed by atoms with van der Waals surface area (Å²) in [6.45, 7) is 5.87. The van der Waals surface area contributed by atoms with E-state index in [1.807, 2.05) is 0 Å². The maximum Gasteiger partial charge on any atom is 0.274 e. The first-order valence-corrected chi connectivity index (χ1v) is 6.36. The fourth-order valence-corrected chi connectivity index (χ4v) is 1.66. The van der Waals surface area contributed by atoms with Crippen LogP contribution in [-0.4, -0.2) is 22.4 Å². The summed E-state index contributed by atoms with van der Waals surface area (Å²) in [5, 5.41) is 5.58. The van der Waals surface area contributed by atoms with Crippen LogP contribution in [0, 0.1) is 12.7 Å². The first-order chi connectivity index (χ1) is 10.1. The number of nitrogens with one attached hydrogen (secondary N) is 2. The second-order valence-corrected chi connectivity index (χ2v) is 4.35. The van der Waals surface area contributed by atoms with E-state index in [1.54, 1.807) is 19.1 Å². The third-order valence-electron chi connectivity index (χ3n) is 2.59. The SMILES string of the molecule is C=CCNc1nc(C)cc(C(=O)Nc2ccc(F)cc2)n1. The lowest BCUT2D eigenvalue weighted by atomic mass is 10.3. The van der Waals surface area contributed by atoms with Crippen molar-refractivity contribution in [3.05, 3.63) is 60.2 Å². The Kier molecular flexibility index (Phi) is 4.61. The van der Waals surface area contributed by atoms with Crippen molar-refractivity contribution in [2.45, 2.75) is 6.92 Å². The summed E-state index contributed by atoms with van der Waals surface area (Å²) >= 11 is 0. The van der Waals surface area contributed by atoms with Gasteiger partial charge in [-0.2, -0.15) is 0 Å². The minimum atomic E-state index is -0.381. The van der Waals surface area contributed by atoms with Gasteiger partial charge in [-0.1, -0.05) is 6.08 Å². The average molecular weight is 286 g/mol. The average Bonchev–Trinajstić information content (AvgIpc) is 2.47. The number of halogens is 1. The topological polar surface area (TPSA) is 66.9 Å². The molecule has 0 aliphatic carbocycles. The number of anilines is 2. The maximum atomic E-state index is 12.8. The zero-order chi connectivity index (χ0) is 15.2. The monoisotopic (exact) mass is 286 g/mol. The standard InChI is InChI=1S/C15H15FN4O/c1-3-8-17-15-18-10(2)9-13(20-15)14(21)19-12-6-4-11(16)5-7-12/h3-7,9H,1,8H2,2H3,(H,19,21)(H,17,18,20). The van der Waals surface area contributed by atoms with Crippen LogP contribution >= 0.6 is 0 Å². The summed E-state index contributed by atoms with van der Waals surface area (Å²) in [4.78, 5) is 20.4. The van der Waals surface area contributed by atoms with Crippen molar-refractivity contribution in [2.75, 3.05) is 17.2 Å². The molecule has 6 heteroatoms. The van der Waals surface area contributed by atoms with Gasteiger partial charge < -0.3 is 10.6 Å². The molecule has 1 heterocycles. The van der Waals surface area contributed by atoms with E-state index in [9.17, 15) is 9.18 Å². The smallest absolute Gasteiger partial charge is 0.274 e. The van der Waals surface area contributed by atoms with Gasteiger partial charge in [0.15, 0.2) is 0 Å². The molecule has 2 N–H and O–H groups in total. The van der Waals surface area contributed by atoms with Crippen molar-refractivity contribution < 1.29 is 9.18 Å². The van der Waals surface area contributed by atoms with Gasteiger partial charge in [-0.3, -0.25) is 4.79 Å². The van der Waals surface area contributed by atoms with Gasteiger partial charge in [-0.15, -0.1) is 6.58 Å². The number of amides is 1. The lowest BCUT2D eigenvalue weighted by Crippen LogP contribution is -2.16. The molecule has 0 spiro atoms. The highest BCUT2D eigenvalue weighted by molar-refractivity contribution is 6.03. The molecule has 1 aromatic carbocycles. The van der Waals surface area contributed by atoms with Gasteiger partial charge in [0.25, 0.3) is 5.91 Å². The number of rotatable bonds is 5. The van der Waals surface area contributed by atoms with E-state index in [0.717, 1.165) is 0 Å². The van der Waals surface area contributed by atoms with E-state index in [0.29, 0.717) is 23.9 Å². The lowest BCUT2D eigenvalue weighted by molar-refractivity contribution is 0.102. The predicted molar refractivity (Wildman–Crippen MR) is 79.8 cm³/mol. The van der Waals surface area contributed by atoms with Crippen molar-refractivity contribution in [3.63, 3.8) is 0 Å². The van der Waals surface area contributed by atoms with Crippen molar-refractivity contribution in [1.82, 2.24) is 9.97 Å². The Bertz CT molecular complexity index is 655. The molecule has 0 atom stereocenters. The van der Waals surface area contributed by atoms with E-state index >= 15 is 0 Å². The molecule has 5 nitrogen and oxygen atoms in total. The largest absolute Gasteiger partial charge is 0.351 e. The normalized spacial score (nSPS) is 10.0. The van der Waals surface area contributed by atoms with E-state index in [2.05, 4.69) is 27.2 Å². The lowest BCUT2D eigenvalue weighted by Gasteiger charge is -2.08. The summed E-state index contributed by atoms with van der Waals surface area (Å²) < 4.78 is 12.8. The molecule has 2 aromatic rings. The van der Waals surface area contributed by atoms with Gasteiger partial charge in [0.05, 0.1) is 0 Å². The minimum Gasteiger partial charge on any atom is -0.351 e. The highest BCUT2D eigenvalue weighted by atomic mass is 19.1. The van der Waals surface area contributed by atoms with E-state index in [4.69, 9.17) is 0 Å². The Hall–Kier alpha value is -2.76. The van der Waals surface area contributed by atoms with Crippen LogP contribution in [0.3, 0.4) is 0 Å². The molecule has 0 aliphatic rings. The summed E-state index contributed by atoms with van der Waals surface area (Å²) in [6, 6.07) is 7.10. The van der Waals surface area contributed by atoms with Crippen LogP contribution in [0.15, 0.2) is 43.0 Å². The molecule has 0 unspecified atom stereocenters.